The minimum atomic E-state index is -0.457. The topological polar surface area (TPSA) is 100 Å². The number of nitrogens with two attached hydrogens (primary N) is 1. The van der Waals surface area contributed by atoms with Crippen molar-refractivity contribution in [3.8, 4) is 21.8 Å². The van der Waals surface area contributed by atoms with Crippen LogP contribution in [0.1, 0.15) is 9.67 Å². The number of rotatable bonds is 3. The lowest BCUT2D eigenvalue weighted by molar-refractivity contribution is 0.100. The van der Waals surface area contributed by atoms with Crippen molar-refractivity contribution in [1.29, 1.82) is 0 Å². The van der Waals surface area contributed by atoms with E-state index in [1.54, 1.807) is 24.8 Å². The highest BCUT2D eigenvalue weighted by atomic mass is 32.1. The summed E-state index contributed by atoms with van der Waals surface area (Å²) < 4.78 is 0. The Bertz CT molecular complexity index is 668. The minimum Gasteiger partial charge on any atom is -0.365 e. The Labute approximate surface area is 106 Å². The first-order valence-electron chi connectivity index (χ1n) is 5.18. The number of hydrogen-bond donors (Lipinski definition) is 3. The SMILES string of the molecule is NC(=O)c1sc(-c2cn[nH]c2)cc1-c1ncc[nH]1. The van der Waals surface area contributed by atoms with E-state index in [-0.39, 0.29) is 0 Å². The van der Waals surface area contributed by atoms with Crippen molar-refractivity contribution in [3.05, 3.63) is 35.7 Å². The molecule has 4 N–H and O–H groups in total. The molecule has 0 saturated heterocycles. The van der Waals surface area contributed by atoms with E-state index >= 15 is 0 Å². The monoisotopic (exact) mass is 259 g/mol. The van der Waals surface area contributed by atoms with Crippen LogP contribution in [0.4, 0.5) is 0 Å². The molecule has 0 bridgehead atoms. The number of aromatic amines is 2. The maximum absolute atomic E-state index is 11.5. The zero-order valence-electron chi connectivity index (χ0n) is 9.18. The van der Waals surface area contributed by atoms with E-state index in [4.69, 9.17) is 5.73 Å². The average molecular weight is 259 g/mol. The van der Waals surface area contributed by atoms with Crippen LogP contribution in [0.25, 0.3) is 21.8 Å². The molecule has 0 saturated carbocycles. The van der Waals surface area contributed by atoms with E-state index in [1.807, 2.05) is 6.07 Å². The first-order chi connectivity index (χ1) is 8.75. The van der Waals surface area contributed by atoms with Crippen LogP contribution in [-0.4, -0.2) is 26.1 Å². The van der Waals surface area contributed by atoms with Crippen molar-refractivity contribution in [2.24, 2.45) is 5.73 Å². The number of carbonyl (C=O) groups is 1. The third-order valence-electron chi connectivity index (χ3n) is 2.49. The molecule has 0 aliphatic rings. The van der Waals surface area contributed by atoms with E-state index in [1.165, 1.54) is 11.3 Å². The predicted octanol–water partition coefficient (Wildman–Crippen LogP) is 1.63. The van der Waals surface area contributed by atoms with Crippen molar-refractivity contribution in [3.63, 3.8) is 0 Å². The molecule has 0 atom stereocenters. The molecule has 0 aliphatic carbocycles. The molecule has 0 aromatic carbocycles. The summed E-state index contributed by atoms with van der Waals surface area (Å²) in [6.45, 7) is 0. The molecule has 6 nitrogen and oxygen atoms in total. The van der Waals surface area contributed by atoms with Gasteiger partial charge in [0.25, 0.3) is 5.91 Å². The van der Waals surface area contributed by atoms with Crippen molar-refractivity contribution in [2.45, 2.75) is 0 Å². The van der Waals surface area contributed by atoms with E-state index in [0.717, 1.165) is 10.4 Å². The Kier molecular flexibility index (Phi) is 2.45. The van der Waals surface area contributed by atoms with Gasteiger partial charge in [-0.1, -0.05) is 0 Å². The van der Waals surface area contributed by atoms with Crippen molar-refractivity contribution in [1.82, 2.24) is 20.2 Å². The summed E-state index contributed by atoms with van der Waals surface area (Å²) in [5.74, 6) is 0.177. The van der Waals surface area contributed by atoms with E-state index in [0.29, 0.717) is 16.3 Å². The number of carbonyl (C=O) groups excluding carboxylic acids is 1. The number of aromatic nitrogens is 4. The van der Waals surface area contributed by atoms with Gasteiger partial charge >= 0.3 is 0 Å². The second-order valence-corrected chi connectivity index (χ2v) is 4.69. The van der Waals surface area contributed by atoms with Crippen LogP contribution in [0.15, 0.2) is 30.9 Å². The maximum Gasteiger partial charge on any atom is 0.259 e. The Morgan fingerprint density at radius 1 is 1.44 bits per heavy atom. The van der Waals surface area contributed by atoms with Gasteiger partial charge in [-0.05, 0) is 6.07 Å². The molecular weight excluding hydrogens is 250 g/mol. The molecule has 90 valence electrons. The van der Waals surface area contributed by atoms with Gasteiger partial charge in [0.2, 0.25) is 0 Å². The third kappa shape index (κ3) is 1.70. The Balaban J connectivity index is 2.16. The van der Waals surface area contributed by atoms with Crippen LogP contribution >= 0.6 is 11.3 Å². The summed E-state index contributed by atoms with van der Waals surface area (Å²) in [7, 11) is 0. The molecule has 0 radical (unpaired) electrons. The standard InChI is InChI=1S/C11H9N5OS/c12-10(17)9-7(11-13-1-2-14-11)3-8(18-9)6-4-15-16-5-6/h1-5H,(H2,12,17)(H,13,14)(H,15,16). The lowest BCUT2D eigenvalue weighted by atomic mass is 10.2. The van der Waals surface area contributed by atoms with Gasteiger partial charge in [-0.3, -0.25) is 9.89 Å². The van der Waals surface area contributed by atoms with Crippen LogP contribution in [-0.2, 0) is 0 Å². The summed E-state index contributed by atoms with van der Waals surface area (Å²) >= 11 is 1.33. The van der Waals surface area contributed by atoms with Gasteiger partial charge < -0.3 is 10.7 Å². The van der Waals surface area contributed by atoms with Gasteiger partial charge in [0.15, 0.2) is 0 Å². The highest BCUT2D eigenvalue weighted by Crippen LogP contribution is 2.35. The number of H-pyrrole nitrogens is 2. The fourth-order valence-corrected chi connectivity index (χ4v) is 2.68. The lowest BCUT2D eigenvalue weighted by Gasteiger charge is -1.94. The molecule has 1 amide bonds. The summed E-state index contributed by atoms with van der Waals surface area (Å²) in [5, 5.41) is 6.63. The van der Waals surface area contributed by atoms with Crippen LogP contribution in [0, 0.1) is 0 Å². The Morgan fingerprint density at radius 3 is 2.94 bits per heavy atom. The Hall–Kier alpha value is -2.41. The van der Waals surface area contributed by atoms with Gasteiger partial charge in [0.1, 0.15) is 10.7 Å². The van der Waals surface area contributed by atoms with Crippen LogP contribution < -0.4 is 5.73 Å². The molecule has 3 aromatic heterocycles. The fraction of sp³-hybridized carbons (Fsp3) is 0. The molecule has 18 heavy (non-hydrogen) atoms. The lowest BCUT2D eigenvalue weighted by Crippen LogP contribution is -2.09. The van der Waals surface area contributed by atoms with Crippen molar-refractivity contribution in [2.75, 3.05) is 0 Å². The molecular formula is C11H9N5OS. The van der Waals surface area contributed by atoms with Crippen LogP contribution in [0.3, 0.4) is 0 Å². The Morgan fingerprint density at radius 2 is 2.33 bits per heavy atom. The van der Waals surface area contributed by atoms with E-state index < -0.39 is 5.91 Å². The average Bonchev–Trinajstić information content (AvgIpc) is 3.10. The molecule has 0 unspecified atom stereocenters. The zero-order chi connectivity index (χ0) is 12.5. The van der Waals surface area contributed by atoms with E-state index in [2.05, 4.69) is 20.2 Å². The van der Waals surface area contributed by atoms with Gasteiger partial charge in [0, 0.05) is 34.6 Å². The number of nitrogens with zero attached hydrogens (tertiary/aromatic N) is 2. The van der Waals surface area contributed by atoms with Crippen LogP contribution in [0.2, 0.25) is 0 Å². The predicted molar refractivity (Wildman–Crippen MR) is 68.0 cm³/mol. The summed E-state index contributed by atoms with van der Waals surface area (Å²) in [6, 6.07) is 1.88. The normalized spacial score (nSPS) is 10.7. The minimum absolute atomic E-state index is 0.457. The first kappa shape index (κ1) is 10.7. The van der Waals surface area contributed by atoms with E-state index in [9.17, 15) is 4.79 Å². The van der Waals surface area contributed by atoms with Gasteiger partial charge in [-0.2, -0.15) is 5.10 Å². The number of imidazole rings is 1. The largest absolute Gasteiger partial charge is 0.365 e. The molecule has 3 heterocycles. The highest BCUT2D eigenvalue weighted by molar-refractivity contribution is 7.18. The van der Waals surface area contributed by atoms with Gasteiger partial charge in [0.05, 0.1) is 6.20 Å². The van der Waals surface area contributed by atoms with Crippen molar-refractivity contribution < 1.29 is 4.79 Å². The van der Waals surface area contributed by atoms with Crippen LogP contribution in [0.5, 0.6) is 0 Å². The number of nitrogens with one attached hydrogen (secondary N) is 2. The molecule has 3 rings (SSSR count). The quantitative estimate of drug-likeness (QED) is 0.666. The zero-order valence-corrected chi connectivity index (χ0v) is 9.99. The smallest absolute Gasteiger partial charge is 0.259 e. The summed E-state index contributed by atoms with van der Waals surface area (Å²) in [5.41, 5.74) is 7.03. The highest BCUT2D eigenvalue weighted by Gasteiger charge is 2.17. The molecule has 0 aliphatic heterocycles. The number of thiophene rings is 1. The third-order valence-corrected chi connectivity index (χ3v) is 3.69. The molecule has 7 heteroatoms. The number of primary amides is 1. The molecule has 0 spiro atoms. The maximum atomic E-state index is 11.5. The second-order valence-electron chi connectivity index (χ2n) is 3.64. The number of hydrogen-bond acceptors (Lipinski definition) is 4. The first-order valence-corrected chi connectivity index (χ1v) is 6.00. The van der Waals surface area contributed by atoms with Crippen molar-refractivity contribution >= 4 is 17.2 Å². The summed E-state index contributed by atoms with van der Waals surface area (Å²) in [4.78, 5) is 20.0. The number of amides is 1. The fourth-order valence-electron chi connectivity index (χ4n) is 1.69. The van der Waals surface area contributed by atoms with Gasteiger partial charge in [-0.25, -0.2) is 4.98 Å². The summed E-state index contributed by atoms with van der Waals surface area (Å²) in [6.07, 6.45) is 6.80. The molecule has 0 fully saturated rings. The van der Waals surface area contributed by atoms with Gasteiger partial charge in [-0.15, -0.1) is 11.3 Å². The second kappa shape index (κ2) is 4.11. The molecule has 3 aromatic rings.